The summed E-state index contributed by atoms with van der Waals surface area (Å²) < 4.78 is 0. The molecule has 0 aliphatic heterocycles. The molecule has 4 fully saturated rings. The Morgan fingerprint density at radius 3 is 2.43 bits per heavy atom. The van der Waals surface area contributed by atoms with Crippen molar-refractivity contribution < 1.29 is 20.1 Å². The highest BCUT2D eigenvalue weighted by molar-refractivity contribution is 5.92. The van der Waals surface area contributed by atoms with Gasteiger partial charge in [-0.3, -0.25) is 4.79 Å². The number of rotatable bonds is 5. The average Bonchev–Trinajstić information content (AvgIpc) is 3.20. The summed E-state index contributed by atoms with van der Waals surface area (Å²) in [5.74, 6) is 1.96. The number of aryl methyl sites for hydroxylation is 2. The normalized spacial score (nSPS) is 43.9. The Kier molecular flexibility index (Phi) is 7.30. The molecule has 0 radical (unpaired) electrons. The predicted octanol–water partition coefficient (Wildman–Crippen LogP) is 5.62. The number of hydrogen-bond acceptors (Lipinski definition) is 4. The van der Waals surface area contributed by atoms with Crippen molar-refractivity contribution in [2.24, 2.45) is 46.3 Å². The molecule has 11 atom stereocenters. The summed E-state index contributed by atoms with van der Waals surface area (Å²) in [6.07, 6.45) is 6.61. The molecule has 0 saturated heterocycles. The maximum Gasteiger partial charge on any atom is 0.224 e. The molecule has 0 bridgehead atoms. The topological polar surface area (TPSA) is 89.8 Å². The third-order valence-electron chi connectivity index (χ3n) is 12.1. The molecule has 1 amide bonds. The molecule has 0 heterocycles. The first kappa shape index (κ1) is 27.1. The van der Waals surface area contributed by atoms with Gasteiger partial charge in [-0.2, -0.15) is 0 Å². The largest absolute Gasteiger partial charge is 0.393 e. The molecule has 5 rings (SSSR count). The van der Waals surface area contributed by atoms with Crippen LogP contribution in [0.15, 0.2) is 18.2 Å². The molecule has 4 aliphatic rings. The van der Waals surface area contributed by atoms with Crippen LogP contribution in [0.3, 0.4) is 0 Å². The number of para-hydroxylation sites is 1. The monoisotopic (exact) mass is 511 g/mol. The lowest BCUT2D eigenvalue weighted by atomic mass is 9.43. The second-order valence-electron chi connectivity index (χ2n) is 13.9. The Labute approximate surface area is 223 Å². The molecule has 0 spiro atoms. The van der Waals surface area contributed by atoms with Crippen LogP contribution in [0.1, 0.15) is 89.7 Å². The van der Waals surface area contributed by atoms with E-state index in [1.54, 1.807) is 0 Å². The van der Waals surface area contributed by atoms with Gasteiger partial charge in [-0.05, 0) is 123 Å². The van der Waals surface area contributed by atoms with Crippen LogP contribution in [0, 0.1) is 60.2 Å². The molecule has 4 N–H and O–H groups in total. The van der Waals surface area contributed by atoms with Gasteiger partial charge in [0.05, 0.1) is 18.3 Å². The molecule has 1 aromatic rings. The Balaban J connectivity index is 1.28. The Hall–Kier alpha value is -1.43. The van der Waals surface area contributed by atoms with Crippen molar-refractivity contribution in [3.63, 3.8) is 0 Å². The molecule has 1 aromatic carbocycles. The molecular formula is C32H49NO4. The SMILES string of the molecule is Cc1cccc(C)c1NC(=O)CCC(C)C1CCC2C3C(O)CC4CC(O)CCC4(C)C3CC(O)C12C. The Bertz CT molecular complexity index is 990. The van der Waals surface area contributed by atoms with Gasteiger partial charge in [-0.1, -0.05) is 39.0 Å². The number of carbonyl (C=O) groups is 1. The standard InChI is InChI=1S/C32H49NO4/c1-18(9-12-28(37)33-30-19(2)7-6-8-20(30)3)23-10-11-24-29-25(17-27(36)32(23,24)5)31(4)14-13-22(34)15-21(31)16-26(29)35/h6-8,18,21-27,29,34-36H,9-17H2,1-5H3,(H,33,37). The van der Waals surface area contributed by atoms with Crippen LogP contribution in [0.5, 0.6) is 0 Å². The maximum atomic E-state index is 12.9. The van der Waals surface area contributed by atoms with E-state index in [0.29, 0.717) is 36.0 Å². The fourth-order valence-corrected chi connectivity index (χ4v) is 9.91. The van der Waals surface area contributed by atoms with Gasteiger partial charge in [0, 0.05) is 12.1 Å². The van der Waals surface area contributed by atoms with Crippen molar-refractivity contribution >= 4 is 11.6 Å². The van der Waals surface area contributed by atoms with E-state index in [-0.39, 0.29) is 41.0 Å². The van der Waals surface area contributed by atoms with Gasteiger partial charge in [0.2, 0.25) is 5.91 Å². The Morgan fingerprint density at radius 1 is 1.03 bits per heavy atom. The van der Waals surface area contributed by atoms with Gasteiger partial charge in [-0.25, -0.2) is 0 Å². The van der Waals surface area contributed by atoms with Crippen LogP contribution >= 0.6 is 0 Å². The second-order valence-corrected chi connectivity index (χ2v) is 13.9. The highest BCUT2D eigenvalue weighted by Crippen LogP contribution is 2.68. The molecular weight excluding hydrogens is 462 g/mol. The van der Waals surface area contributed by atoms with Crippen LogP contribution in [0.25, 0.3) is 0 Å². The zero-order valence-corrected chi connectivity index (χ0v) is 23.5. The van der Waals surface area contributed by atoms with Gasteiger partial charge in [0.1, 0.15) is 0 Å². The molecule has 4 saturated carbocycles. The minimum absolute atomic E-state index is 0.0642. The first-order chi connectivity index (χ1) is 17.5. The second kappa shape index (κ2) is 9.95. The van der Waals surface area contributed by atoms with E-state index in [1.165, 1.54) is 0 Å². The van der Waals surface area contributed by atoms with Crippen molar-refractivity contribution in [1.82, 2.24) is 0 Å². The molecule has 4 aliphatic carbocycles. The minimum atomic E-state index is -0.383. The number of carbonyl (C=O) groups excluding carboxylic acids is 1. The number of benzene rings is 1. The van der Waals surface area contributed by atoms with E-state index in [0.717, 1.165) is 68.2 Å². The predicted molar refractivity (Wildman–Crippen MR) is 147 cm³/mol. The fraction of sp³-hybridized carbons (Fsp3) is 0.781. The fourth-order valence-electron chi connectivity index (χ4n) is 9.91. The van der Waals surface area contributed by atoms with Crippen LogP contribution in [0.2, 0.25) is 0 Å². The first-order valence-electron chi connectivity index (χ1n) is 14.9. The third-order valence-corrected chi connectivity index (χ3v) is 12.1. The van der Waals surface area contributed by atoms with Crippen LogP contribution < -0.4 is 5.32 Å². The number of fused-ring (bicyclic) bond motifs is 5. The summed E-state index contributed by atoms with van der Waals surface area (Å²) in [7, 11) is 0. The van der Waals surface area contributed by atoms with Crippen molar-refractivity contribution in [2.45, 2.75) is 111 Å². The molecule has 11 unspecified atom stereocenters. The number of aliphatic hydroxyl groups is 3. The summed E-state index contributed by atoms with van der Waals surface area (Å²) in [4.78, 5) is 12.9. The number of anilines is 1. The van der Waals surface area contributed by atoms with E-state index in [9.17, 15) is 20.1 Å². The molecule has 0 aromatic heterocycles. The third kappa shape index (κ3) is 4.47. The quantitative estimate of drug-likeness (QED) is 0.413. The number of hydrogen-bond donors (Lipinski definition) is 4. The van der Waals surface area contributed by atoms with Crippen molar-refractivity contribution in [3.8, 4) is 0 Å². The molecule has 37 heavy (non-hydrogen) atoms. The van der Waals surface area contributed by atoms with Gasteiger partial charge in [0.25, 0.3) is 0 Å². The first-order valence-corrected chi connectivity index (χ1v) is 14.9. The smallest absolute Gasteiger partial charge is 0.224 e. The van der Waals surface area contributed by atoms with E-state index in [4.69, 9.17) is 0 Å². The maximum absolute atomic E-state index is 12.9. The van der Waals surface area contributed by atoms with Crippen LogP contribution in [-0.2, 0) is 4.79 Å². The Morgan fingerprint density at radius 2 is 1.73 bits per heavy atom. The van der Waals surface area contributed by atoms with Crippen molar-refractivity contribution in [1.29, 1.82) is 0 Å². The van der Waals surface area contributed by atoms with Gasteiger partial charge >= 0.3 is 0 Å². The van der Waals surface area contributed by atoms with E-state index in [1.807, 2.05) is 32.0 Å². The lowest BCUT2D eigenvalue weighted by Crippen LogP contribution is -2.62. The van der Waals surface area contributed by atoms with Gasteiger partial charge < -0.3 is 20.6 Å². The molecule has 5 heteroatoms. The number of aliphatic hydroxyl groups excluding tert-OH is 3. The van der Waals surface area contributed by atoms with Crippen LogP contribution in [-0.4, -0.2) is 39.5 Å². The van der Waals surface area contributed by atoms with E-state index < -0.39 is 0 Å². The van der Waals surface area contributed by atoms with Gasteiger partial charge in [0.15, 0.2) is 0 Å². The van der Waals surface area contributed by atoms with Crippen molar-refractivity contribution in [3.05, 3.63) is 29.3 Å². The summed E-state index contributed by atoms with van der Waals surface area (Å²) >= 11 is 0. The average molecular weight is 512 g/mol. The van der Waals surface area contributed by atoms with E-state index in [2.05, 4.69) is 26.1 Å². The number of nitrogens with one attached hydrogen (secondary N) is 1. The highest BCUT2D eigenvalue weighted by Gasteiger charge is 2.65. The molecule has 5 nitrogen and oxygen atoms in total. The lowest BCUT2D eigenvalue weighted by molar-refractivity contribution is -0.207. The summed E-state index contributed by atoms with van der Waals surface area (Å²) in [6.45, 7) is 11.0. The lowest BCUT2D eigenvalue weighted by Gasteiger charge is -2.63. The minimum Gasteiger partial charge on any atom is -0.393 e. The zero-order chi connectivity index (χ0) is 26.7. The van der Waals surface area contributed by atoms with E-state index >= 15 is 0 Å². The highest BCUT2D eigenvalue weighted by atomic mass is 16.3. The zero-order valence-electron chi connectivity index (χ0n) is 23.5. The summed E-state index contributed by atoms with van der Waals surface area (Å²) in [5.41, 5.74) is 2.97. The number of amides is 1. The molecule has 206 valence electrons. The van der Waals surface area contributed by atoms with Crippen molar-refractivity contribution in [2.75, 3.05) is 5.32 Å². The summed E-state index contributed by atoms with van der Waals surface area (Å²) in [6, 6.07) is 6.07. The van der Waals surface area contributed by atoms with Gasteiger partial charge in [-0.15, -0.1) is 0 Å². The summed E-state index contributed by atoms with van der Waals surface area (Å²) in [5, 5.41) is 36.7. The van der Waals surface area contributed by atoms with Crippen LogP contribution in [0.4, 0.5) is 5.69 Å².